The molecule has 2 aromatic heterocycles. The van der Waals surface area contributed by atoms with E-state index in [1.807, 2.05) is 24.0 Å². The third-order valence-electron chi connectivity index (χ3n) is 6.53. The molecule has 0 aliphatic carbocycles. The van der Waals surface area contributed by atoms with E-state index in [0.717, 1.165) is 12.2 Å². The van der Waals surface area contributed by atoms with Crippen LogP contribution in [0.3, 0.4) is 0 Å². The quantitative estimate of drug-likeness (QED) is 0.511. The Morgan fingerprint density at radius 2 is 1.74 bits per heavy atom. The first kappa shape index (κ1) is 20.4. The van der Waals surface area contributed by atoms with Crippen molar-refractivity contribution in [1.82, 2.24) is 14.5 Å². The van der Waals surface area contributed by atoms with Gasteiger partial charge in [0.1, 0.15) is 6.04 Å². The standard InChI is InChI=1S/C26H30N4S/c1-15-11-16(2)24(17(3)12-15)30-18(4)13-21(20(30)6)25-23(22-9-7-8-10-27-22)28-26-29(25)14-19(5)31-26/h7-13,19,23,25H,14H2,1-6H3/t19-,23-,25-/m1/s1. The van der Waals surface area contributed by atoms with Crippen LogP contribution in [0.5, 0.6) is 0 Å². The Labute approximate surface area is 189 Å². The van der Waals surface area contributed by atoms with Gasteiger partial charge in [-0.05, 0) is 69.5 Å². The van der Waals surface area contributed by atoms with Crippen molar-refractivity contribution in [2.24, 2.45) is 4.99 Å². The van der Waals surface area contributed by atoms with E-state index >= 15 is 0 Å². The third kappa shape index (κ3) is 3.30. The van der Waals surface area contributed by atoms with E-state index in [2.05, 4.69) is 86.3 Å². The summed E-state index contributed by atoms with van der Waals surface area (Å²) in [6, 6.07) is 13.3. The summed E-state index contributed by atoms with van der Waals surface area (Å²) in [5, 5.41) is 1.73. The molecular formula is C26H30N4S. The second-order valence-corrected chi connectivity index (χ2v) is 10.5. The fourth-order valence-electron chi connectivity index (χ4n) is 5.41. The van der Waals surface area contributed by atoms with Crippen LogP contribution in [-0.4, -0.2) is 31.4 Å². The summed E-state index contributed by atoms with van der Waals surface area (Å²) in [4.78, 5) is 12.4. The SMILES string of the molecule is Cc1cc(C)c(-n2c(C)cc([C@@H]3[C@@H](c4ccccn4)N=C4S[C@H](C)CN43)c2C)c(C)c1. The first-order valence-electron chi connectivity index (χ1n) is 11.0. The van der Waals surface area contributed by atoms with E-state index in [1.54, 1.807) is 0 Å². The van der Waals surface area contributed by atoms with Crippen molar-refractivity contribution in [3.8, 4) is 5.69 Å². The van der Waals surface area contributed by atoms with E-state index in [0.29, 0.717) is 5.25 Å². The summed E-state index contributed by atoms with van der Waals surface area (Å²) in [5.41, 5.74) is 10.3. The number of aromatic nitrogens is 2. The molecule has 3 atom stereocenters. The number of aliphatic imine (C=N–C) groups is 1. The molecule has 160 valence electrons. The Balaban J connectivity index is 1.66. The van der Waals surface area contributed by atoms with E-state index in [-0.39, 0.29) is 12.1 Å². The van der Waals surface area contributed by atoms with Crippen molar-refractivity contribution < 1.29 is 0 Å². The van der Waals surface area contributed by atoms with Crippen LogP contribution in [0.15, 0.2) is 47.6 Å². The molecule has 0 saturated carbocycles. The van der Waals surface area contributed by atoms with Gasteiger partial charge in [0.25, 0.3) is 0 Å². The molecule has 0 N–H and O–H groups in total. The molecule has 0 bridgehead atoms. The largest absolute Gasteiger partial charge is 0.341 e. The van der Waals surface area contributed by atoms with Crippen LogP contribution in [0, 0.1) is 34.6 Å². The maximum Gasteiger partial charge on any atom is 0.160 e. The zero-order valence-electron chi connectivity index (χ0n) is 19.2. The molecule has 4 nitrogen and oxygen atoms in total. The molecule has 3 aromatic rings. The molecular weight excluding hydrogens is 400 g/mol. The fourth-order valence-corrected chi connectivity index (χ4v) is 6.50. The number of amidine groups is 1. The number of fused-ring (bicyclic) bond motifs is 1. The zero-order chi connectivity index (χ0) is 21.9. The lowest BCUT2D eigenvalue weighted by atomic mass is 9.96. The minimum absolute atomic E-state index is 0.0327. The maximum absolute atomic E-state index is 5.16. The predicted molar refractivity (Wildman–Crippen MR) is 130 cm³/mol. The van der Waals surface area contributed by atoms with Gasteiger partial charge in [-0.25, -0.2) is 0 Å². The Hall–Kier alpha value is -2.53. The van der Waals surface area contributed by atoms with E-state index in [9.17, 15) is 0 Å². The highest BCUT2D eigenvalue weighted by molar-refractivity contribution is 8.14. The van der Waals surface area contributed by atoms with E-state index < -0.39 is 0 Å². The summed E-state index contributed by atoms with van der Waals surface area (Å²) in [7, 11) is 0. The number of aryl methyl sites for hydroxylation is 4. The molecule has 2 aliphatic rings. The molecule has 0 radical (unpaired) electrons. The number of thioether (sulfide) groups is 1. The van der Waals surface area contributed by atoms with Crippen LogP contribution in [0.4, 0.5) is 0 Å². The summed E-state index contributed by atoms with van der Waals surface area (Å²) >= 11 is 1.89. The van der Waals surface area contributed by atoms with Gasteiger partial charge < -0.3 is 9.47 Å². The van der Waals surface area contributed by atoms with Gasteiger partial charge in [-0.3, -0.25) is 9.98 Å². The number of hydrogen-bond acceptors (Lipinski definition) is 4. The van der Waals surface area contributed by atoms with Crippen molar-refractivity contribution in [1.29, 1.82) is 0 Å². The molecule has 0 spiro atoms. The smallest absolute Gasteiger partial charge is 0.160 e. The normalized spacial score (nSPS) is 22.7. The van der Waals surface area contributed by atoms with Crippen molar-refractivity contribution >= 4 is 16.9 Å². The number of hydrogen-bond donors (Lipinski definition) is 0. The van der Waals surface area contributed by atoms with Gasteiger partial charge in [0.2, 0.25) is 0 Å². The lowest BCUT2D eigenvalue weighted by Crippen LogP contribution is -2.29. The van der Waals surface area contributed by atoms with E-state index in [1.165, 1.54) is 44.5 Å². The van der Waals surface area contributed by atoms with Crippen LogP contribution < -0.4 is 0 Å². The Morgan fingerprint density at radius 1 is 1.00 bits per heavy atom. The summed E-state index contributed by atoms with van der Waals surface area (Å²) in [5.74, 6) is 0. The van der Waals surface area contributed by atoms with Gasteiger partial charge in [-0.2, -0.15) is 0 Å². The molecule has 5 rings (SSSR count). The lowest BCUT2D eigenvalue weighted by molar-refractivity contribution is 0.320. The molecule has 2 aliphatic heterocycles. The molecule has 1 fully saturated rings. The minimum atomic E-state index is 0.0327. The van der Waals surface area contributed by atoms with Gasteiger partial charge >= 0.3 is 0 Å². The summed E-state index contributed by atoms with van der Waals surface area (Å²) < 4.78 is 2.44. The highest BCUT2D eigenvalue weighted by Crippen LogP contribution is 2.49. The summed E-state index contributed by atoms with van der Waals surface area (Å²) in [6.07, 6.45) is 1.88. The average Bonchev–Trinajstić information content (AvgIpc) is 3.33. The molecule has 0 amide bonds. The van der Waals surface area contributed by atoms with Crippen molar-refractivity contribution in [2.45, 2.75) is 58.9 Å². The highest BCUT2D eigenvalue weighted by atomic mass is 32.2. The van der Waals surface area contributed by atoms with Crippen molar-refractivity contribution in [2.75, 3.05) is 6.54 Å². The third-order valence-corrected chi connectivity index (χ3v) is 7.63. The second kappa shape index (κ2) is 7.56. The highest BCUT2D eigenvalue weighted by Gasteiger charge is 2.44. The second-order valence-electron chi connectivity index (χ2n) is 9.05. The summed E-state index contributed by atoms with van der Waals surface area (Å²) in [6.45, 7) is 14.4. The van der Waals surface area contributed by atoms with Gasteiger partial charge in [0.05, 0.1) is 17.4 Å². The van der Waals surface area contributed by atoms with E-state index in [4.69, 9.17) is 4.99 Å². The number of rotatable bonds is 3. The first-order valence-corrected chi connectivity index (χ1v) is 11.9. The molecule has 1 saturated heterocycles. The van der Waals surface area contributed by atoms with Crippen molar-refractivity contribution in [3.63, 3.8) is 0 Å². The van der Waals surface area contributed by atoms with Gasteiger partial charge in [0.15, 0.2) is 5.17 Å². The fraction of sp³-hybridized carbons (Fsp3) is 0.385. The first-order chi connectivity index (χ1) is 14.8. The number of benzene rings is 1. The van der Waals surface area contributed by atoms with Crippen LogP contribution in [0.2, 0.25) is 0 Å². The molecule has 0 unspecified atom stereocenters. The Morgan fingerprint density at radius 3 is 2.42 bits per heavy atom. The van der Waals surface area contributed by atoms with Crippen LogP contribution >= 0.6 is 11.8 Å². The zero-order valence-corrected chi connectivity index (χ0v) is 20.0. The Kier molecular flexibility index (Phi) is 4.97. The number of pyridine rings is 1. The van der Waals surface area contributed by atoms with Crippen LogP contribution in [0.1, 0.15) is 58.3 Å². The predicted octanol–water partition coefficient (Wildman–Crippen LogP) is 6.00. The van der Waals surface area contributed by atoms with Crippen LogP contribution in [-0.2, 0) is 0 Å². The topological polar surface area (TPSA) is 33.4 Å². The van der Waals surface area contributed by atoms with Crippen LogP contribution in [0.25, 0.3) is 5.69 Å². The van der Waals surface area contributed by atoms with Gasteiger partial charge in [0, 0.05) is 29.4 Å². The molecule has 31 heavy (non-hydrogen) atoms. The monoisotopic (exact) mass is 430 g/mol. The Bertz CT molecular complexity index is 1150. The van der Waals surface area contributed by atoms with Crippen molar-refractivity contribution in [3.05, 3.63) is 81.9 Å². The minimum Gasteiger partial charge on any atom is -0.341 e. The lowest BCUT2D eigenvalue weighted by Gasteiger charge is -2.27. The molecule has 4 heterocycles. The molecule has 1 aromatic carbocycles. The number of nitrogens with zero attached hydrogens (tertiary/aromatic N) is 4. The molecule has 5 heteroatoms. The van der Waals surface area contributed by atoms with Gasteiger partial charge in [-0.15, -0.1) is 0 Å². The van der Waals surface area contributed by atoms with Gasteiger partial charge in [-0.1, -0.05) is 42.4 Å². The maximum atomic E-state index is 5.16. The average molecular weight is 431 g/mol.